The standard InChI is InChI=1S/C26H31N3O3/c1-18(2)24-22-17-21(9-10-23(22)28-26(24)31)32-16-6-13-29-14-11-20(12-15-29)27-25(30)19-7-4-3-5-8-19/h3-5,7-10,17,20H,6,11-16H2,1-2H3,(H,27,30)(H,28,31). The van der Waals surface area contributed by atoms with Gasteiger partial charge in [0.05, 0.1) is 6.61 Å². The van der Waals surface area contributed by atoms with E-state index in [0.29, 0.717) is 6.61 Å². The number of rotatable bonds is 7. The summed E-state index contributed by atoms with van der Waals surface area (Å²) in [5.74, 6) is 0.766. The van der Waals surface area contributed by atoms with E-state index in [1.807, 2.05) is 62.4 Å². The molecule has 1 saturated heterocycles. The summed E-state index contributed by atoms with van der Waals surface area (Å²) < 4.78 is 5.96. The molecule has 6 nitrogen and oxygen atoms in total. The molecule has 2 aromatic rings. The SMILES string of the molecule is CC(C)=C1C(=O)Nc2ccc(OCCCN3CCC(NC(=O)c4ccccc4)CC3)cc21. The fraction of sp³-hybridized carbons (Fsp3) is 0.385. The topological polar surface area (TPSA) is 70.7 Å². The van der Waals surface area contributed by atoms with Crippen molar-refractivity contribution in [2.75, 3.05) is 31.6 Å². The van der Waals surface area contributed by atoms with E-state index in [4.69, 9.17) is 4.74 Å². The van der Waals surface area contributed by atoms with E-state index in [1.54, 1.807) is 0 Å². The quantitative estimate of drug-likeness (QED) is 0.510. The highest BCUT2D eigenvalue weighted by Gasteiger charge is 2.25. The van der Waals surface area contributed by atoms with Crippen LogP contribution in [0.1, 0.15) is 49.0 Å². The van der Waals surface area contributed by atoms with Crippen LogP contribution < -0.4 is 15.4 Å². The Balaban J connectivity index is 1.18. The maximum Gasteiger partial charge on any atom is 0.256 e. The minimum atomic E-state index is -0.0412. The van der Waals surface area contributed by atoms with Gasteiger partial charge in [-0.1, -0.05) is 23.8 Å². The maximum absolute atomic E-state index is 12.3. The molecule has 6 heteroatoms. The Hall–Kier alpha value is -3.12. The van der Waals surface area contributed by atoms with Gasteiger partial charge in [0.1, 0.15) is 5.75 Å². The fourth-order valence-corrected chi connectivity index (χ4v) is 4.37. The van der Waals surface area contributed by atoms with Gasteiger partial charge in [-0.2, -0.15) is 0 Å². The summed E-state index contributed by atoms with van der Waals surface area (Å²) in [6.45, 7) is 7.48. The number of piperidine rings is 1. The first-order valence-corrected chi connectivity index (χ1v) is 11.4. The van der Waals surface area contributed by atoms with Gasteiger partial charge in [0.25, 0.3) is 11.8 Å². The van der Waals surface area contributed by atoms with Crippen LogP contribution in [0.2, 0.25) is 0 Å². The monoisotopic (exact) mass is 433 g/mol. The number of anilines is 1. The van der Waals surface area contributed by atoms with Crippen molar-refractivity contribution in [2.45, 2.75) is 39.2 Å². The minimum absolute atomic E-state index is 0.0139. The van der Waals surface area contributed by atoms with Crippen LogP contribution in [0.3, 0.4) is 0 Å². The van der Waals surface area contributed by atoms with Crippen molar-refractivity contribution in [1.29, 1.82) is 0 Å². The highest BCUT2D eigenvalue weighted by molar-refractivity contribution is 6.32. The molecule has 0 spiro atoms. The summed E-state index contributed by atoms with van der Waals surface area (Å²) in [7, 11) is 0. The second-order valence-electron chi connectivity index (χ2n) is 8.69. The molecule has 2 amide bonds. The zero-order chi connectivity index (χ0) is 22.5. The zero-order valence-electron chi connectivity index (χ0n) is 18.8. The molecule has 0 atom stereocenters. The van der Waals surface area contributed by atoms with Crippen LogP contribution in [0.25, 0.3) is 5.57 Å². The van der Waals surface area contributed by atoms with Gasteiger partial charge in [0, 0.05) is 48.1 Å². The average molecular weight is 434 g/mol. The van der Waals surface area contributed by atoms with E-state index in [-0.39, 0.29) is 17.9 Å². The van der Waals surface area contributed by atoms with Crippen LogP contribution in [-0.4, -0.2) is 49.0 Å². The summed E-state index contributed by atoms with van der Waals surface area (Å²) in [5.41, 5.74) is 4.23. The van der Waals surface area contributed by atoms with Gasteiger partial charge in [-0.05, 0) is 63.4 Å². The van der Waals surface area contributed by atoms with E-state index in [0.717, 1.165) is 72.6 Å². The third kappa shape index (κ3) is 5.19. The Bertz CT molecular complexity index is 1000. The number of hydrogen-bond donors (Lipinski definition) is 2. The van der Waals surface area contributed by atoms with Crippen molar-refractivity contribution in [2.24, 2.45) is 0 Å². The number of carbonyl (C=O) groups excluding carboxylic acids is 2. The van der Waals surface area contributed by atoms with Crippen LogP contribution in [0.4, 0.5) is 5.69 Å². The van der Waals surface area contributed by atoms with E-state index < -0.39 is 0 Å². The second kappa shape index (κ2) is 10.0. The number of carbonyl (C=O) groups is 2. The Morgan fingerprint density at radius 2 is 1.88 bits per heavy atom. The maximum atomic E-state index is 12.3. The lowest BCUT2D eigenvalue weighted by molar-refractivity contribution is -0.110. The van der Waals surface area contributed by atoms with Crippen molar-refractivity contribution >= 4 is 23.1 Å². The molecule has 1 fully saturated rings. The highest BCUT2D eigenvalue weighted by atomic mass is 16.5. The van der Waals surface area contributed by atoms with Crippen LogP contribution in [0.15, 0.2) is 54.1 Å². The number of fused-ring (bicyclic) bond motifs is 1. The molecule has 168 valence electrons. The Kier molecular flexibility index (Phi) is 6.90. The van der Waals surface area contributed by atoms with Crippen LogP contribution in [0, 0.1) is 0 Å². The molecule has 0 aromatic heterocycles. The second-order valence-corrected chi connectivity index (χ2v) is 8.69. The molecule has 0 bridgehead atoms. The van der Waals surface area contributed by atoms with Gasteiger partial charge in [-0.25, -0.2) is 0 Å². The first kappa shape index (κ1) is 22.1. The predicted octanol–water partition coefficient (Wildman–Crippen LogP) is 4.10. The summed E-state index contributed by atoms with van der Waals surface area (Å²) in [6.07, 6.45) is 2.87. The average Bonchev–Trinajstić information content (AvgIpc) is 3.13. The number of hydrogen-bond acceptors (Lipinski definition) is 4. The van der Waals surface area contributed by atoms with E-state index in [9.17, 15) is 9.59 Å². The number of amides is 2. The van der Waals surface area contributed by atoms with Crippen molar-refractivity contribution in [1.82, 2.24) is 10.2 Å². The lowest BCUT2D eigenvalue weighted by Crippen LogP contribution is -2.45. The molecule has 2 N–H and O–H groups in total. The van der Waals surface area contributed by atoms with Gasteiger partial charge in [-0.15, -0.1) is 0 Å². The van der Waals surface area contributed by atoms with Crippen LogP contribution >= 0.6 is 0 Å². The Morgan fingerprint density at radius 3 is 2.59 bits per heavy atom. The normalized spacial score (nSPS) is 16.4. The Labute approximate surface area is 189 Å². The molecular formula is C26H31N3O3. The molecule has 2 aliphatic rings. The van der Waals surface area contributed by atoms with Gasteiger partial charge in [-0.3, -0.25) is 9.59 Å². The fourth-order valence-electron chi connectivity index (χ4n) is 4.37. The number of allylic oxidation sites excluding steroid dienone is 1. The molecule has 0 aliphatic carbocycles. The first-order valence-electron chi connectivity index (χ1n) is 11.4. The summed E-state index contributed by atoms with van der Waals surface area (Å²) in [5, 5.41) is 6.06. The van der Waals surface area contributed by atoms with E-state index >= 15 is 0 Å². The van der Waals surface area contributed by atoms with Gasteiger partial charge >= 0.3 is 0 Å². The van der Waals surface area contributed by atoms with Crippen molar-refractivity contribution < 1.29 is 14.3 Å². The highest BCUT2D eigenvalue weighted by Crippen LogP contribution is 2.36. The third-order valence-corrected chi connectivity index (χ3v) is 6.08. The lowest BCUT2D eigenvalue weighted by Gasteiger charge is -2.32. The van der Waals surface area contributed by atoms with Crippen LogP contribution in [0.5, 0.6) is 5.75 Å². The number of nitrogens with zero attached hydrogens (tertiary/aromatic N) is 1. The van der Waals surface area contributed by atoms with Gasteiger partial charge in [0.15, 0.2) is 0 Å². The van der Waals surface area contributed by atoms with E-state index in [2.05, 4.69) is 15.5 Å². The minimum Gasteiger partial charge on any atom is -0.494 e. The third-order valence-electron chi connectivity index (χ3n) is 6.08. The molecular weight excluding hydrogens is 402 g/mol. The van der Waals surface area contributed by atoms with E-state index in [1.165, 1.54) is 0 Å². The van der Waals surface area contributed by atoms with Crippen molar-refractivity contribution in [3.63, 3.8) is 0 Å². The first-order chi connectivity index (χ1) is 15.5. The molecule has 2 aromatic carbocycles. The molecule has 32 heavy (non-hydrogen) atoms. The molecule has 0 radical (unpaired) electrons. The van der Waals surface area contributed by atoms with Gasteiger partial charge < -0.3 is 20.3 Å². The number of ether oxygens (including phenoxy) is 1. The van der Waals surface area contributed by atoms with Gasteiger partial charge in [0.2, 0.25) is 0 Å². The Morgan fingerprint density at radius 1 is 1.12 bits per heavy atom. The summed E-state index contributed by atoms with van der Waals surface area (Å²) in [6, 6.07) is 15.4. The van der Waals surface area contributed by atoms with Crippen molar-refractivity contribution in [3.05, 3.63) is 65.2 Å². The zero-order valence-corrected chi connectivity index (χ0v) is 18.8. The summed E-state index contributed by atoms with van der Waals surface area (Å²) in [4.78, 5) is 26.9. The molecule has 0 unspecified atom stereocenters. The predicted molar refractivity (Wildman–Crippen MR) is 127 cm³/mol. The van der Waals surface area contributed by atoms with Crippen molar-refractivity contribution in [3.8, 4) is 5.75 Å². The molecule has 4 rings (SSSR count). The van der Waals surface area contributed by atoms with Crippen LogP contribution in [-0.2, 0) is 4.79 Å². The lowest BCUT2D eigenvalue weighted by atomic mass is 10.0. The molecule has 2 aliphatic heterocycles. The smallest absolute Gasteiger partial charge is 0.256 e. The molecule has 0 saturated carbocycles. The summed E-state index contributed by atoms with van der Waals surface area (Å²) >= 11 is 0. The molecule has 2 heterocycles. The number of nitrogens with one attached hydrogen (secondary N) is 2. The number of likely N-dealkylation sites (tertiary alicyclic amines) is 1. The number of benzene rings is 2. The largest absolute Gasteiger partial charge is 0.494 e.